The molecule has 2 rings (SSSR count). The van der Waals surface area contributed by atoms with Gasteiger partial charge in [0.2, 0.25) is 5.91 Å². The van der Waals surface area contributed by atoms with Gasteiger partial charge < -0.3 is 15.0 Å². The highest BCUT2D eigenvalue weighted by molar-refractivity contribution is 9.10. The first-order valence-corrected chi connectivity index (χ1v) is 11.6. The van der Waals surface area contributed by atoms with Crippen molar-refractivity contribution < 1.29 is 14.3 Å². The maximum atomic E-state index is 13.2. The summed E-state index contributed by atoms with van der Waals surface area (Å²) in [6, 6.07) is 14.9. The number of rotatable bonds is 7. The van der Waals surface area contributed by atoms with Gasteiger partial charge in [-0.2, -0.15) is 0 Å². The van der Waals surface area contributed by atoms with E-state index in [1.54, 1.807) is 11.8 Å². The molecule has 2 amide bonds. The summed E-state index contributed by atoms with van der Waals surface area (Å²) in [5.74, 6) is 0.178. The molecule has 0 saturated heterocycles. The van der Waals surface area contributed by atoms with Gasteiger partial charge in [-0.05, 0) is 68.5 Å². The molecule has 0 aromatic heterocycles. The van der Waals surface area contributed by atoms with E-state index in [4.69, 9.17) is 4.74 Å². The lowest BCUT2D eigenvalue weighted by Gasteiger charge is -2.31. The van der Waals surface area contributed by atoms with Crippen LogP contribution in [0.3, 0.4) is 0 Å². The topological polar surface area (TPSA) is 58.6 Å². The standard InChI is InChI=1S/C26H35BrN2O3/c1-18(24(31)28-26(5,6)7)29(16-19-9-8-10-21(27)15-19)23(30)17-32-22-13-11-20(12-14-22)25(2,3)4/h8-15,18H,16-17H2,1-7H3,(H,28,31)/t18-/m0/s1. The minimum absolute atomic E-state index is 0.0466. The summed E-state index contributed by atoms with van der Waals surface area (Å²) in [6.45, 7) is 14.1. The second kappa shape index (κ2) is 10.5. The van der Waals surface area contributed by atoms with Gasteiger partial charge in [0.05, 0.1) is 0 Å². The SMILES string of the molecule is C[C@@H](C(=O)NC(C)(C)C)N(Cc1cccc(Br)c1)C(=O)COc1ccc(C(C)(C)C)cc1. The van der Waals surface area contributed by atoms with Crippen LogP contribution in [0.25, 0.3) is 0 Å². The number of amides is 2. The number of carbonyl (C=O) groups is 2. The van der Waals surface area contributed by atoms with E-state index < -0.39 is 6.04 Å². The predicted molar refractivity (Wildman–Crippen MR) is 133 cm³/mol. The lowest BCUT2D eigenvalue weighted by molar-refractivity contribution is -0.142. The zero-order valence-electron chi connectivity index (χ0n) is 20.2. The van der Waals surface area contributed by atoms with E-state index in [1.165, 1.54) is 5.56 Å². The molecule has 0 fully saturated rings. The first-order valence-electron chi connectivity index (χ1n) is 10.9. The molecule has 5 nitrogen and oxygen atoms in total. The van der Waals surface area contributed by atoms with Crippen molar-refractivity contribution in [2.45, 2.75) is 72.0 Å². The van der Waals surface area contributed by atoms with Gasteiger partial charge in [0, 0.05) is 16.6 Å². The molecule has 2 aromatic rings. The number of nitrogens with one attached hydrogen (secondary N) is 1. The summed E-state index contributed by atoms with van der Waals surface area (Å²) in [5, 5.41) is 2.96. The fourth-order valence-corrected chi connectivity index (χ4v) is 3.61. The summed E-state index contributed by atoms with van der Waals surface area (Å²) in [6.07, 6.45) is 0. The molecule has 0 unspecified atom stereocenters. The number of hydrogen-bond donors (Lipinski definition) is 1. The molecule has 174 valence electrons. The number of halogens is 1. The smallest absolute Gasteiger partial charge is 0.261 e. The second-order valence-electron chi connectivity index (χ2n) is 10.1. The average Bonchev–Trinajstić information content (AvgIpc) is 2.68. The number of nitrogens with zero attached hydrogens (tertiary/aromatic N) is 1. The van der Waals surface area contributed by atoms with E-state index in [1.807, 2.05) is 69.3 Å². The van der Waals surface area contributed by atoms with Crippen LogP contribution in [0.15, 0.2) is 53.0 Å². The Labute approximate surface area is 200 Å². The van der Waals surface area contributed by atoms with Crippen molar-refractivity contribution in [2.75, 3.05) is 6.61 Å². The van der Waals surface area contributed by atoms with Crippen LogP contribution in [-0.4, -0.2) is 34.9 Å². The van der Waals surface area contributed by atoms with E-state index in [0.29, 0.717) is 12.3 Å². The number of carbonyl (C=O) groups excluding carboxylic acids is 2. The molecule has 1 N–H and O–H groups in total. The van der Waals surface area contributed by atoms with Crippen LogP contribution in [0.2, 0.25) is 0 Å². The third kappa shape index (κ3) is 7.97. The monoisotopic (exact) mass is 502 g/mol. The average molecular weight is 503 g/mol. The third-order valence-electron chi connectivity index (χ3n) is 4.99. The molecule has 6 heteroatoms. The second-order valence-corrected chi connectivity index (χ2v) is 11.0. The summed E-state index contributed by atoms with van der Waals surface area (Å²) in [7, 11) is 0. The van der Waals surface area contributed by atoms with Crippen molar-refractivity contribution in [1.29, 1.82) is 0 Å². The van der Waals surface area contributed by atoms with Crippen LogP contribution >= 0.6 is 15.9 Å². The lowest BCUT2D eigenvalue weighted by Crippen LogP contribution is -2.53. The number of hydrogen-bond acceptors (Lipinski definition) is 3. The van der Waals surface area contributed by atoms with Crippen molar-refractivity contribution in [2.24, 2.45) is 0 Å². The van der Waals surface area contributed by atoms with Crippen molar-refractivity contribution in [3.8, 4) is 5.75 Å². The molecular formula is C26H35BrN2O3. The van der Waals surface area contributed by atoms with Crippen LogP contribution < -0.4 is 10.1 Å². The van der Waals surface area contributed by atoms with E-state index in [2.05, 4.69) is 42.0 Å². The highest BCUT2D eigenvalue weighted by atomic mass is 79.9. The van der Waals surface area contributed by atoms with Gasteiger partial charge in [-0.3, -0.25) is 9.59 Å². The van der Waals surface area contributed by atoms with Gasteiger partial charge in [0.25, 0.3) is 5.91 Å². The molecule has 2 aromatic carbocycles. The van der Waals surface area contributed by atoms with Gasteiger partial charge in [-0.15, -0.1) is 0 Å². The van der Waals surface area contributed by atoms with Crippen molar-refractivity contribution >= 4 is 27.7 Å². The minimum atomic E-state index is -0.646. The Bertz CT molecular complexity index is 927. The summed E-state index contributed by atoms with van der Waals surface area (Å²) in [4.78, 5) is 27.5. The molecular weight excluding hydrogens is 468 g/mol. The first kappa shape index (κ1) is 25.9. The predicted octanol–water partition coefficient (Wildman–Crippen LogP) is 5.46. The van der Waals surface area contributed by atoms with E-state index in [9.17, 15) is 9.59 Å². The normalized spacial score (nSPS) is 12.8. The van der Waals surface area contributed by atoms with Gasteiger partial charge >= 0.3 is 0 Å². The Morgan fingerprint density at radius 1 is 1.03 bits per heavy atom. The molecule has 0 bridgehead atoms. The van der Waals surface area contributed by atoms with Crippen LogP contribution in [-0.2, 0) is 21.5 Å². The Balaban J connectivity index is 2.16. The van der Waals surface area contributed by atoms with Crippen LogP contribution in [0.1, 0.15) is 59.6 Å². The molecule has 32 heavy (non-hydrogen) atoms. The van der Waals surface area contributed by atoms with E-state index in [-0.39, 0.29) is 29.4 Å². The molecule has 0 aliphatic rings. The van der Waals surface area contributed by atoms with Gasteiger partial charge in [0.1, 0.15) is 11.8 Å². The summed E-state index contributed by atoms with van der Waals surface area (Å²) < 4.78 is 6.70. The number of ether oxygens (including phenoxy) is 1. The zero-order valence-corrected chi connectivity index (χ0v) is 21.7. The lowest BCUT2D eigenvalue weighted by atomic mass is 9.87. The van der Waals surface area contributed by atoms with E-state index >= 15 is 0 Å². The van der Waals surface area contributed by atoms with Crippen LogP contribution in [0, 0.1) is 0 Å². The Morgan fingerprint density at radius 2 is 1.66 bits per heavy atom. The van der Waals surface area contributed by atoms with E-state index in [0.717, 1.165) is 10.0 Å². The molecule has 0 spiro atoms. The molecule has 0 saturated carbocycles. The van der Waals surface area contributed by atoms with Crippen LogP contribution in [0.4, 0.5) is 0 Å². The van der Waals surface area contributed by atoms with Gasteiger partial charge in [0.15, 0.2) is 6.61 Å². The van der Waals surface area contributed by atoms with Gasteiger partial charge in [-0.1, -0.05) is 61.0 Å². The zero-order chi connectivity index (χ0) is 24.1. The maximum Gasteiger partial charge on any atom is 0.261 e. The van der Waals surface area contributed by atoms with Crippen LogP contribution in [0.5, 0.6) is 5.75 Å². The first-order chi connectivity index (χ1) is 14.8. The fourth-order valence-electron chi connectivity index (χ4n) is 3.17. The van der Waals surface area contributed by atoms with Crippen molar-refractivity contribution in [1.82, 2.24) is 10.2 Å². The van der Waals surface area contributed by atoms with Gasteiger partial charge in [-0.25, -0.2) is 0 Å². The minimum Gasteiger partial charge on any atom is -0.484 e. The maximum absolute atomic E-state index is 13.2. The Kier molecular flexibility index (Phi) is 8.52. The summed E-state index contributed by atoms with van der Waals surface area (Å²) in [5.41, 5.74) is 1.78. The highest BCUT2D eigenvalue weighted by Gasteiger charge is 2.28. The van der Waals surface area contributed by atoms with Crippen molar-refractivity contribution in [3.05, 3.63) is 64.1 Å². The fraction of sp³-hybridized carbons (Fsp3) is 0.462. The molecule has 0 aliphatic heterocycles. The molecule has 0 radical (unpaired) electrons. The Morgan fingerprint density at radius 3 is 2.19 bits per heavy atom. The number of benzene rings is 2. The molecule has 1 atom stereocenters. The van der Waals surface area contributed by atoms with Crippen molar-refractivity contribution in [3.63, 3.8) is 0 Å². The molecule has 0 heterocycles. The quantitative estimate of drug-likeness (QED) is 0.546. The largest absolute Gasteiger partial charge is 0.484 e. The summed E-state index contributed by atoms with van der Waals surface area (Å²) >= 11 is 3.47. The highest BCUT2D eigenvalue weighted by Crippen LogP contribution is 2.24. The third-order valence-corrected chi connectivity index (χ3v) is 5.48. The molecule has 0 aliphatic carbocycles. The Hall–Kier alpha value is -2.34.